The van der Waals surface area contributed by atoms with Gasteiger partial charge in [0.2, 0.25) is 0 Å². The second-order valence-electron chi connectivity index (χ2n) is 5.50. The fourth-order valence-corrected chi connectivity index (χ4v) is 3.11. The highest BCUT2D eigenvalue weighted by molar-refractivity contribution is 5.27. The topological polar surface area (TPSA) is 46.2 Å². The van der Waals surface area contributed by atoms with Crippen LogP contribution in [0.1, 0.15) is 37.7 Å². The van der Waals surface area contributed by atoms with E-state index in [1.165, 1.54) is 37.8 Å². The van der Waals surface area contributed by atoms with Gasteiger partial charge in [-0.15, -0.1) is 0 Å². The molecule has 0 aromatic heterocycles. The number of aliphatic hydroxyl groups is 1. The summed E-state index contributed by atoms with van der Waals surface area (Å²) in [6, 6.07) is 6.41. The Morgan fingerprint density at radius 1 is 1.22 bits per heavy atom. The number of hydrogen-bond donors (Lipinski definition) is 2. The SMILES string of the molecule is NCC(CO)(CC1CCCC1)c1ccc(F)cc1. The van der Waals surface area contributed by atoms with Crippen LogP contribution in [0, 0.1) is 11.7 Å². The minimum absolute atomic E-state index is 0.0334. The zero-order valence-electron chi connectivity index (χ0n) is 10.7. The van der Waals surface area contributed by atoms with Crippen LogP contribution in [0.4, 0.5) is 4.39 Å². The predicted octanol–water partition coefficient (Wildman–Crippen LogP) is 2.59. The van der Waals surface area contributed by atoms with Crippen LogP contribution in [-0.2, 0) is 5.41 Å². The van der Waals surface area contributed by atoms with E-state index in [-0.39, 0.29) is 12.4 Å². The molecule has 100 valence electrons. The Morgan fingerprint density at radius 3 is 2.33 bits per heavy atom. The van der Waals surface area contributed by atoms with E-state index in [0.29, 0.717) is 12.5 Å². The maximum Gasteiger partial charge on any atom is 0.123 e. The first-order valence-electron chi connectivity index (χ1n) is 6.77. The normalized spacial score (nSPS) is 19.9. The van der Waals surface area contributed by atoms with Gasteiger partial charge in [0.05, 0.1) is 6.61 Å². The number of nitrogens with two attached hydrogens (primary N) is 1. The van der Waals surface area contributed by atoms with Crippen LogP contribution in [0.3, 0.4) is 0 Å². The lowest BCUT2D eigenvalue weighted by molar-refractivity contribution is 0.169. The Balaban J connectivity index is 2.21. The van der Waals surface area contributed by atoms with Gasteiger partial charge in [-0.3, -0.25) is 0 Å². The standard InChI is InChI=1S/C15H22FNO/c16-14-7-5-13(6-8-14)15(10-17,11-18)9-12-3-1-2-4-12/h5-8,12,18H,1-4,9-11,17H2. The van der Waals surface area contributed by atoms with E-state index in [1.54, 1.807) is 12.1 Å². The van der Waals surface area contributed by atoms with Crippen LogP contribution < -0.4 is 5.73 Å². The van der Waals surface area contributed by atoms with Gasteiger partial charge in [-0.1, -0.05) is 37.8 Å². The molecule has 0 amide bonds. The summed E-state index contributed by atoms with van der Waals surface area (Å²) >= 11 is 0. The Hall–Kier alpha value is -0.930. The van der Waals surface area contributed by atoms with Gasteiger partial charge < -0.3 is 10.8 Å². The van der Waals surface area contributed by atoms with Crippen molar-refractivity contribution < 1.29 is 9.50 Å². The molecule has 1 saturated carbocycles. The van der Waals surface area contributed by atoms with Crippen molar-refractivity contribution in [2.45, 2.75) is 37.5 Å². The van der Waals surface area contributed by atoms with Gasteiger partial charge in [-0.05, 0) is 30.0 Å². The lowest BCUT2D eigenvalue weighted by Crippen LogP contribution is -2.40. The highest BCUT2D eigenvalue weighted by Crippen LogP contribution is 2.37. The molecule has 1 atom stereocenters. The molecule has 1 fully saturated rings. The molecule has 18 heavy (non-hydrogen) atoms. The number of benzene rings is 1. The van der Waals surface area contributed by atoms with E-state index in [9.17, 15) is 9.50 Å². The maximum atomic E-state index is 13.0. The van der Waals surface area contributed by atoms with E-state index in [2.05, 4.69) is 0 Å². The third-order valence-electron chi connectivity index (χ3n) is 4.30. The zero-order valence-corrected chi connectivity index (χ0v) is 10.7. The second kappa shape index (κ2) is 5.81. The van der Waals surface area contributed by atoms with Crippen LogP contribution in [0.25, 0.3) is 0 Å². The first-order valence-corrected chi connectivity index (χ1v) is 6.77. The Bertz CT molecular complexity index is 367. The summed E-state index contributed by atoms with van der Waals surface area (Å²) in [5.41, 5.74) is 6.47. The van der Waals surface area contributed by atoms with E-state index in [4.69, 9.17) is 5.73 Å². The fraction of sp³-hybridized carbons (Fsp3) is 0.600. The van der Waals surface area contributed by atoms with E-state index >= 15 is 0 Å². The number of hydrogen-bond acceptors (Lipinski definition) is 2. The van der Waals surface area contributed by atoms with E-state index < -0.39 is 5.41 Å². The van der Waals surface area contributed by atoms with Crippen molar-refractivity contribution in [1.82, 2.24) is 0 Å². The number of aliphatic hydroxyl groups excluding tert-OH is 1. The quantitative estimate of drug-likeness (QED) is 0.845. The average molecular weight is 251 g/mol. The highest BCUT2D eigenvalue weighted by Gasteiger charge is 2.34. The first-order chi connectivity index (χ1) is 8.70. The predicted molar refractivity (Wildman–Crippen MR) is 70.8 cm³/mol. The molecule has 1 aliphatic rings. The molecule has 3 N–H and O–H groups in total. The molecule has 2 rings (SSSR count). The summed E-state index contributed by atoms with van der Waals surface area (Å²) < 4.78 is 13.0. The molecular formula is C15H22FNO. The van der Waals surface area contributed by atoms with E-state index in [0.717, 1.165) is 12.0 Å². The fourth-order valence-electron chi connectivity index (χ4n) is 3.11. The third-order valence-corrected chi connectivity index (χ3v) is 4.30. The molecule has 0 heterocycles. The average Bonchev–Trinajstić information content (AvgIpc) is 2.90. The summed E-state index contributed by atoms with van der Waals surface area (Å²) in [5.74, 6) is 0.397. The van der Waals surface area contributed by atoms with Gasteiger partial charge >= 0.3 is 0 Å². The van der Waals surface area contributed by atoms with Gasteiger partial charge in [-0.2, -0.15) is 0 Å². The minimum atomic E-state index is -0.400. The summed E-state index contributed by atoms with van der Waals surface area (Å²) in [5, 5.41) is 9.79. The summed E-state index contributed by atoms with van der Waals surface area (Å²) in [4.78, 5) is 0. The molecule has 0 aliphatic heterocycles. The molecule has 1 unspecified atom stereocenters. The Kier molecular flexibility index (Phi) is 4.36. The number of rotatable bonds is 5. The lowest BCUT2D eigenvalue weighted by Gasteiger charge is -2.33. The van der Waals surface area contributed by atoms with Crippen LogP contribution in [-0.4, -0.2) is 18.3 Å². The van der Waals surface area contributed by atoms with Crippen LogP contribution >= 0.6 is 0 Å². The smallest absolute Gasteiger partial charge is 0.123 e. The molecule has 1 aliphatic carbocycles. The molecule has 3 heteroatoms. The third kappa shape index (κ3) is 2.73. The van der Waals surface area contributed by atoms with Gasteiger partial charge in [0.1, 0.15) is 5.82 Å². The molecular weight excluding hydrogens is 229 g/mol. The monoisotopic (exact) mass is 251 g/mol. The van der Waals surface area contributed by atoms with Crippen molar-refractivity contribution in [2.24, 2.45) is 11.7 Å². The molecule has 1 aromatic carbocycles. The van der Waals surface area contributed by atoms with Gasteiger partial charge in [0.15, 0.2) is 0 Å². The van der Waals surface area contributed by atoms with Gasteiger partial charge in [-0.25, -0.2) is 4.39 Å². The van der Waals surface area contributed by atoms with Crippen molar-refractivity contribution in [3.05, 3.63) is 35.6 Å². The highest BCUT2D eigenvalue weighted by atomic mass is 19.1. The lowest BCUT2D eigenvalue weighted by atomic mass is 9.74. The van der Waals surface area contributed by atoms with Crippen molar-refractivity contribution in [3.8, 4) is 0 Å². The molecule has 0 radical (unpaired) electrons. The Labute approximate surface area is 108 Å². The molecule has 1 aromatic rings. The number of halogens is 1. The van der Waals surface area contributed by atoms with E-state index in [1.807, 2.05) is 0 Å². The summed E-state index contributed by atoms with van der Waals surface area (Å²) in [7, 11) is 0. The zero-order chi connectivity index (χ0) is 13.0. The van der Waals surface area contributed by atoms with Crippen LogP contribution in [0.5, 0.6) is 0 Å². The summed E-state index contributed by atoms with van der Waals surface area (Å²) in [6.45, 7) is 0.442. The summed E-state index contributed by atoms with van der Waals surface area (Å²) in [6.07, 6.45) is 5.91. The molecule has 0 spiro atoms. The van der Waals surface area contributed by atoms with Crippen LogP contribution in [0.2, 0.25) is 0 Å². The largest absolute Gasteiger partial charge is 0.395 e. The van der Waals surface area contributed by atoms with Crippen LogP contribution in [0.15, 0.2) is 24.3 Å². The van der Waals surface area contributed by atoms with Crippen molar-refractivity contribution in [1.29, 1.82) is 0 Å². The molecule has 2 nitrogen and oxygen atoms in total. The van der Waals surface area contributed by atoms with Gasteiger partial charge in [0, 0.05) is 12.0 Å². The van der Waals surface area contributed by atoms with Crippen molar-refractivity contribution >= 4 is 0 Å². The van der Waals surface area contributed by atoms with Crippen molar-refractivity contribution in [2.75, 3.05) is 13.2 Å². The minimum Gasteiger partial charge on any atom is -0.395 e. The van der Waals surface area contributed by atoms with Gasteiger partial charge in [0.25, 0.3) is 0 Å². The maximum absolute atomic E-state index is 13.0. The van der Waals surface area contributed by atoms with Crippen molar-refractivity contribution in [3.63, 3.8) is 0 Å². The second-order valence-corrected chi connectivity index (χ2v) is 5.50. The molecule has 0 bridgehead atoms. The Morgan fingerprint density at radius 2 is 1.83 bits per heavy atom. The first kappa shape index (κ1) is 13.5. The molecule has 0 saturated heterocycles.